The van der Waals surface area contributed by atoms with Crippen LogP contribution in [0.2, 0.25) is 0 Å². The second-order valence-corrected chi connectivity index (χ2v) is 14.6. The molecular formula is C37H36BrF3N2O4. The van der Waals surface area contributed by atoms with Crippen LogP contribution in [0, 0.1) is 12.3 Å². The van der Waals surface area contributed by atoms with Gasteiger partial charge in [0, 0.05) is 26.9 Å². The summed E-state index contributed by atoms with van der Waals surface area (Å²) in [6.45, 7) is 7.25. The molecule has 6 nitrogen and oxygen atoms in total. The first-order valence-electron chi connectivity index (χ1n) is 15.7. The quantitative estimate of drug-likeness (QED) is 0.202. The number of esters is 1. The van der Waals surface area contributed by atoms with E-state index in [-0.39, 0.29) is 24.0 Å². The van der Waals surface area contributed by atoms with Gasteiger partial charge in [-0.1, -0.05) is 64.5 Å². The lowest BCUT2D eigenvalue weighted by Crippen LogP contribution is -2.62. The van der Waals surface area contributed by atoms with Crippen molar-refractivity contribution in [3.63, 3.8) is 0 Å². The Kier molecular flexibility index (Phi) is 8.39. The fourth-order valence-corrected chi connectivity index (χ4v) is 7.74. The van der Waals surface area contributed by atoms with E-state index < -0.39 is 28.8 Å². The fourth-order valence-electron chi connectivity index (χ4n) is 7.38. The van der Waals surface area contributed by atoms with Crippen LogP contribution in [-0.2, 0) is 9.53 Å². The van der Waals surface area contributed by atoms with Crippen molar-refractivity contribution in [3.05, 3.63) is 94.0 Å². The number of pyridine rings is 1. The Morgan fingerprint density at radius 2 is 1.60 bits per heavy atom. The summed E-state index contributed by atoms with van der Waals surface area (Å²) in [6, 6.07) is 21.2. The third-order valence-electron chi connectivity index (χ3n) is 9.54. The lowest BCUT2D eigenvalue weighted by Gasteiger charge is -2.57. The Morgan fingerprint density at radius 3 is 2.26 bits per heavy atom. The van der Waals surface area contributed by atoms with E-state index in [0.717, 1.165) is 10.0 Å². The third kappa shape index (κ3) is 6.49. The van der Waals surface area contributed by atoms with Gasteiger partial charge in [-0.3, -0.25) is 9.59 Å². The molecule has 7 rings (SSSR count). The normalized spacial score (nSPS) is 22.6. The highest BCUT2D eigenvalue weighted by atomic mass is 79.9. The van der Waals surface area contributed by atoms with E-state index in [4.69, 9.17) is 9.72 Å². The zero-order valence-electron chi connectivity index (χ0n) is 26.6. The highest BCUT2D eigenvalue weighted by Crippen LogP contribution is 2.60. The lowest BCUT2D eigenvalue weighted by molar-refractivity contribution is -0.275. The summed E-state index contributed by atoms with van der Waals surface area (Å²) in [6.07, 6.45) is -3.11. The molecule has 1 atom stereocenters. The Bertz CT molecular complexity index is 1840. The number of para-hydroxylation sites is 1. The topological polar surface area (TPSA) is 77.5 Å². The predicted molar refractivity (Wildman–Crippen MR) is 177 cm³/mol. The van der Waals surface area contributed by atoms with E-state index in [1.807, 2.05) is 55.5 Å². The van der Waals surface area contributed by atoms with E-state index in [0.29, 0.717) is 59.0 Å². The van der Waals surface area contributed by atoms with Gasteiger partial charge in [0.2, 0.25) is 0 Å². The molecule has 0 spiro atoms. The number of ether oxygens (including phenoxy) is 2. The molecule has 1 heterocycles. The molecule has 0 radical (unpaired) electrons. The van der Waals surface area contributed by atoms with Crippen molar-refractivity contribution < 1.29 is 32.2 Å². The molecule has 10 heteroatoms. The Hall–Kier alpha value is -3.92. The molecule has 3 aliphatic carbocycles. The molecular weight excluding hydrogens is 673 g/mol. The molecule has 0 saturated heterocycles. The van der Waals surface area contributed by atoms with Crippen LogP contribution in [0.25, 0.3) is 22.2 Å². The molecule has 47 heavy (non-hydrogen) atoms. The molecule has 0 aliphatic heterocycles. The Morgan fingerprint density at radius 1 is 0.936 bits per heavy atom. The van der Waals surface area contributed by atoms with Crippen molar-refractivity contribution in [1.82, 2.24) is 10.3 Å². The monoisotopic (exact) mass is 708 g/mol. The fraction of sp³-hybridized carbons (Fsp3) is 0.378. The summed E-state index contributed by atoms with van der Waals surface area (Å²) < 4.78 is 52.0. The molecule has 3 fully saturated rings. The molecule has 2 bridgehead atoms. The van der Waals surface area contributed by atoms with E-state index >= 15 is 0 Å². The van der Waals surface area contributed by atoms with Gasteiger partial charge in [0.15, 0.2) is 0 Å². The molecule has 4 aromatic rings. The van der Waals surface area contributed by atoms with Crippen molar-refractivity contribution in [1.29, 1.82) is 0 Å². The highest BCUT2D eigenvalue weighted by molar-refractivity contribution is 9.10. The number of benzene rings is 3. The number of aromatic nitrogens is 1. The number of rotatable bonds is 6. The minimum atomic E-state index is -4.92. The molecule has 3 saturated carbocycles. The number of carbonyl (C=O) groups is 2. The maximum atomic E-state index is 14.7. The van der Waals surface area contributed by atoms with Gasteiger partial charge in [-0.25, -0.2) is 4.98 Å². The van der Waals surface area contributed by atoms with Crippen molar-refractivity contribution in [2.45, 2.75) is 83.2 Å². The zero-order valence-corrected chi connectivity index (χ0v) is 28.2. The second kappa shape index (κ2) is 12.0. The summed E-state index contributed by atoms with van der Waals surface area (Å²) in [5.74, 6) is -1.71. The van der Waals surface area contributed by atoms with Crippen LogP contribution in [-0.4, -0.2) is 34.4 Å². The summed E-state index contributed by atoms with van der Waals surface area (Å²) in [4.78, 5) is 33.3. The zero-order chi connectivity index (χ0) is 33.8. The van der Waals surface area contributed by atoms with Gasteiger partial charge < -0.3 is 14.8 Å². The van der Waals surface area contributed by atoms with Crippen LogP contribution >= 0.6 is 15.9 Å². The van der Waals surface area contributed by atoms with E-state index in [9.17, 15) is 22.8 Å². The third-order valence-corrected chi connectivity index (χ3v) is 10.0. The lowest BCUT2D eigenvalue weighted by atomic mass is 9.51. The molecule has 246 valence electrons. The molecule has 3 aromatic carbocycles. The Balaban J connectivity index is 1.46. The van der Waals surface area contributed by atoms with Crippen LogP contribution in [0.15, 0.2) is 77.3 Å². The number of hydrogen-bond acceptors (Lipinski definition) is 5. The predicted octanol–water partition coefficient (Wildman–Crippen LogP) is 9.43. The van der Waals surface area contributed by atoms with Crippen LogP contribution < -0.4 is 10.1 Å². The standard InChI is InChI=1S/C37H36BrF3N2O4/c1-22-30(26-20-24(38)14-15-28(26)42-31(22)23-10-6-5-7-11-23)32(44)43-36-18-16-35(17-19-36,33(45)47-34(2,3)4)21-27(36)25-12-8-9-13-29(25)46-37(39,40)41/h5-15,20,27H,16-19,21H2,1-4H3,(H,43,44). The average molecular weight is 710 g/mol. The number of nitrogens with zero attached hydrogens (tertiary/aromatic N) is 1. The highest BCUT2D eigenvalue weighted by Gasteiger charge is 2.60. The van der Waals surface area contributed by atoms with E-state index in [1.165, 1.54) is 12.1 Å². The van der Waals surface area contributed by atoms with Gasteiger partial charge in [0.05, 0.1) is 22.2 Å². The van der Waals surface area contributed by atoms with Gasteiger partial charge in [-0.2, -0.15) is 0 Å². The average Bonchev–Trinajstić information content (AvgIpc) is 3.00. The summed E-state index contributed by atoms with van der Waals surface area (Å²) in [5, 5.41) is 3.99. The van der Waals surface area contributed by atoms with E-state index in [1.54, 1.807) is 32.9 Å². The van der Waals surface area contributed by atoms with Crippen molar-refractivity contribution in [2.75, 3.05) is 0 Å². The SMILES string of the molecule is Cc1c(-c2ccccc2)nc2ccc(Br)cc2c1C(=O)NC12CCC(C(=O)OC(C)(C)C)(CC1)CC2c1ccccc1OC(F)(F)F. The van der Waals surface area contributed by atoms with Crippen LogP contribution in [0.1, 0.15) is 80.3 Å². The van der Waals surface area contributed by atoms with Crippen LogP contribution in [0.5, 0.6) is 5.75 Å². The van der Waals surface area contributed by atoms with Gasteiger partial charge in [-0.15, -0.1) is 13.2 Å². The number of fused-ring (bicyclic) bond motifs is 4. The van der Waals surface area contributed by atoms with Crippen LogP contribution in [0.3, 0.4) is 0 Å². The maximum absolute atomic E-state index is 14.7. The van der Waals surface area contributed by atoms with Crippen molar-refractivity contribution in [3.8, 4) is 17.0 Å². The minimum absolute atomic E-state index is 0.206. The van der Waals surface area contributed by atoms with Gasteiger partial charge in [0.1, 0.15) is 11.4 Å². The summed E-state index contributed by atoms with van der Waals surface area (Å²) >= 11 is 3.54. The molecule has 1 aromatic heterocycles. The number of halogens is 4. The first-order chi connectivity index (χ1) is 22.1. The second-order valence-electron chi connectivity index (χ2n) is 13.7. The van der Waals surface area contributed by atoms with Crippen molar-refractivity contribution in [2.24, 2.45) is 5.41 Å². The number of hydrogen-bond donors (Lipinski definition) is 1. The number of nitrogens with one attached hydrogen (secondary N) is 1. The van der Waals surface area contributed by atoms with Gasteiger partial charge >= 0.3 is 12.3 Å². The van der Waals surface area contributed by atoms with E-state index in [2.05, 4.69) is 26.0 Å². The number of amides is 1. The molecule has 3 aliphatic rings. The van der Waals surface area contributed by atoms with Crippen molar-refractivity contribution >= 4 is 38.7 Å². The number of alkyl halides is 3. The first-order valence-corrected chi connectivity index (χ1v) is 16.5. The molecule has 1 unspecified atom stereocenters. The molecule has 1 N–H and O–H groups in total. The summed E-state index contributed by atoms with van der Waals surface area (Å²) in [5.41, 5.74) is 0.992. The summed E-state index contributed by atoms with van der Waals surface area (Å²) in [7, 11) is 0. The largest absolute Gasteiger partial charge is 0.573 e. The number of carbonyl (C=O) groups excluding carboxylic acids is 2. The Labute approximate surface area is 280 Å². The van der Waals surface area contributed by atoms with Gasteiger partial charge in [0.25, 0.3) is 5.91 Å². The smallest absolute Gasteiger partial charge is 0.460 e. The van der Waals surface area contributed by atoms with Gasteiger partial charge in [-0.05, 0) is 95.2 Å². The maximum Gasteiger partial charge on any atom is 0.573 e. The molecule has 1 amide bonds. The first kappa shape index (κ1) is 33.0. The minimum Gasteiger partial charge on any atom is -0.460 e. The van der Waals surface area contributed by atoms with Crippen LogP contribution in [0.4, 0.5) is 13.2 Å².